The van der Waals surface area contributed by atoms with Crippen LogP contribution in [0.4, 0.5) is 0 Å². The van der Waals surface area contributed by atoms with Crippen LogP contribution in [0.15, 0.2) is 167 Å². The largest absolute Gasteiger partial charge is 0.456 e. The van der Waals surface area contributed by atoms with Gasteiger partial charge in [0.1, 0.15) is 22.3 Å². The zero-order valence-electron chi connectivity index (χ0n) is 27.1. The molecule has 11 rings (SSSR count). The van der Waals surface area contributed by atoms with Gasteiger partial charge in [0.25, 0.3) is 0 Å². The second-order valence-corrected chi connectivity index (χ2v) is 12.8. The predicted octanol–water partition coefficient (Wildman–Crippen LogP) is 11.8. The summed E-state index contributed by atoms with van der Waals surface area (Å²) < 4.78 is 15.2. The van der Waals surface area contributed by atoms with E-state index in [4.69, 9.17) is 23.8 Å². The minimum Gasteiger partial charge on any atom is -0.456 e. The Kier molecular flexibility index (Phi) is 5.86. The molecular weight excluding hydrogens is 629 g/mol. The van der Waals surface area contributed by atoms with Crippen molar-refractivity contribution in [2.45, 2.75) is 0 Å². The Bertz CT molecular complexity index is 3080. The highest BCUT2D eigenvalue weighted by Crippen LogP contribution is 2.46. The molecule has 0 amide bonds. The van der Waals surface area contributed by atoms with Gasteiger partial charge in [-0.05, 0) is 47.5 Å². The van der Waals surface area contributed by atoms with Crippen molar-refractivity contribution in [1.29, 1.82) is 0 Å². The van der Waals surface area contributed by atoms with Crippen LogP contribution in [0.5, 0.6) is 0 Å². The maximum absolute atomic E-state index is 6.79. The molecule has 0 aliphatic rings. The van der Waals surface area contributed by atoms with Crippen molar-refractivity contribution in [1.82, 2.24) is 19.5 Å². The van der Waals surface area contributed by atoms with Crippen LogP contribution in [0, 0.1) is 0 Å². The number of furan rings is 2. The lowest BCUT2D eigenvalue weighted by atomic mass is 9.95. The van der Waals surface area contributed by atoms with Gasteiger partial charge in [-0.3, -0.25) is 4.57 Å². The lowest BCUT2D eigenvalue weighted by molar-refractivity contribution is 0.669. The Hall–Kier alpha value is -7.05. The third-order valence-electron chi connectivity index (χ3n) is 9.86. The summed E-state index contributed by atoms with van der Waals surface area (Å²) in [5.74, 6) is 1.71. The van der Waals surface area contributed by atoms with E-state index in [1.54, 1.807) is 0 Å². The number of aromatic nitrogens is 4. The molecule has 51 heavy (non-hydrogen) atoms. The monoisotopic (exact) mass is 654 g/mol. The van der Waals surface area contributed by atoms with Gasteiger partial charge in [0.2, 0.25) is 5.95 Å². The number of fused-ring (bicyclic) bond motifs is 10. The van der Waals surface area contributed by atoms with E-state index in [9.17, 15) is 0 Å². The van der Waals surface area contributed by atoms with Crippen molar-refractivity contribution in [3.8, 4) is 39.9 Å². The topological polar surface area (TPSA) is 69.9 Å². The Labute approximate surface area is 290 Å². The number of benzene rings is 7. The summed E-state index contributed by atoms with van der Waals surface area (Å²) in [7, 11) is 0. The molecule has 0 bridgehead atoms. The average molecular weight is 655 g/mol. The molecule has 0 fully saturated rings. The van der Waals surface area contributed by atoms with Crippen LogP contribution in [0.2, 0.25) is 0 Å². The summed E-state index contributed by atoms with van der Waals surface area (Å²) in [6.07, 6.45) is 0. The van der Waals surface area contributed by atoms with Crippen LogP contribution in [-0.2, 0) is 0 Å². The molecule has 0 saturated heterocycles. The summed E-state index contributed by atoms with van der Waals surface area (Å²) in [4.78, 5) is 15.4. The van der Waals surface area contributed by atoms with Gasteiger partial charge in [-0.15, -0.1) is 0 Å². The lowest BCUT2D eigenvalue weighted by Crippen LogP contribution is -2.06. The van der Waals surface area contributed by atoms with Gasteiger partial charge in [-0.25, -0.2) is 4.98 Å². The highest BCUT2D eigenvalue weighted by Gasteiger charge is 2.25. The quantitative estimate of drug-likeness (QED) is 0.189. The fourth-order valence-corrected chi connectivity index (χ4v) is 7.56. The van der Waals surface area contributed by atoms with E-state index >= 15 is 0 Å². The average Bonchev–Trinajstić information content (AvgIpc) is 3.88. The third kappa shape index (κ3) is 4.20. The third-order valence-corrected chi connectivity index (χ3v) is 9.86. The Morgan fingerprint density at radius 3 is 1.69 bits per heavy atom. The summed E-state index contributed by atoms with van der Waals surface area (Å²) in [5.41, 5.74) is 9.22. The smallest absolute Gasteiger partial charge is 0.238 e. The maximum Gasteiger partial charge on any atom is 0.238 e. The molecule has 0 spiro atoms. The molecule has 238 valence electrons. The molecular formula is C45H26N4O2. The highest BCUT2D eigenvalue weighted by molar-refractivity contribution is 6.26. The molecule has 11 aromatic rings. The van der Waals surface area contributed by atoms with Crippen molar-refractivity contribution in [2.24, 2.45) is 0 Å². The van der Waals surface area contributed by atoms with Crippen LogP contribution in [0.25, 0.3) is 106 Å². The zero-order valence-corrected chi connectivity index (χ0v) is 27.1. The number of rotatable bonds is 4. The van der Waals surface area contributed by atoms with Gasteiger partial charge in [0.05, 0.1) is 5.52 Å². The van der Waals surface area contributed by atoms with E-state index in [1.165, 1.54) is 0 Å². The van der Waals surface area contributed by atoms with E-state index in [0.717, 1.165) is 87.9 Å². The number of para-hydroxylation sites is 3. The summed E-state index contributed by atoms with van der Waals surface area (Å²) in [6.45, 7) is 0. The van der Waals surface area contributed by atoms with Gasteiger partial charge in [-0.1, -0.05) is 121 Å². The zero-order chi connectivity index (χ0) is 33.5. The molecule has 6 heteroatoms. The van der Waals surface area contributed by atoms with E-state index in [0.29, 0.717) is 17.6 Å². The molecule has 0 atom stereocenters. The molecule has 7 aromatic carbocycles. The molecule has 4 heterocycles. The summed E-state index contributed by atoms with van der Waals surface area (Å²) in [6, 6.07) is 53.8. The van der Waals surface area contributed by atoms with Crippen LogP contribution in [-0.4, -0.2) is 19.5 Å². The van der Waals surface area contributed by atoms with Gasteiger partial charge < -0.3 is 8.83 Å². The second-order valence-electron chi connectivity index (χ2n) is 12.8. The molecule has 0 unspecified atom stereocenters. The molecule has 0 aliphatic carbocycles. The van der Waals surface area contributed by atoms with Gasteiger partial charge in [0.15, 0.2) is 17.2 Å². The van der Waals surface area contributed by atoms with E-state index in [2.05, 4.69) is 77.4 Å². The van der Waals surface area contributed by atoms with Gasteiger partial charge >= 0.3 is 0 Å². The van der Waals surface area contributed by atoms with Crippen molar-refractivity contribution in [3.05, 3.63) is 158 Å². The van der Waals surface area contributed by atoms with Gasteiger partial charge in [0, 0.05) is 43.4 Å². The molecule has 0 radical (unpaired) electrons. The first-order chi connectivity index (χ1) is 25.3. The Morgan fingerprint density at radius 2 is 0.980 bits per heavy atom. The van der Waals surface area contributed by atoms with Crippen molar-refractivity contribution >= 4 is 65.7 Å². The molecule has 0 saturated carbocycles. The van der Waals surface area contributed by atoms with Crippen LogP contribution < -0.4 is 0 Å². The van der Waals surface area contributed by atoms with Crippen molar-refractivity contribution in [3.63, 3.8) is 0 Å². The SMILES string of the molecule is c1ccc(-c2nc(-c3ccccc3)nc(-n3c4ccccc4c4c(-c5ccc6oc7ccccc7c6c5)cc5c6ccccc6oc5c43)n2)cc1. The summed E-state index contributed by atoms with van der Waals surface area (Å²) >= 11 is 0. The lowest BCUT2D eigenvalue weighted by Gasteiger charge is -2.12. The first kappa shape index (κ1) is 27.9. The normalized spacial score (nSPS) is 11.9. The predicted molar refractivity (Wildman–Crippen MR) is 205 cm³/mol. The molecule has 6 nitrogen and oxygen atoms in total. The number of hydrogen-bond donors (Lipinski definition) is 0. The second kappa shape index (κ2) is 10.7. The van der Waals surface area contributed by atoms with Crippen LogP contribution in [0.1, 0.15) is 0 Å². The van der Waals surface area contributed by atoms with Crippen molar-refractivity contribution < 1.29 is 8.83 Å². The van der Waals surface area contributed by atoms with E-state index in [1.807, 2.05) is 84.9 Å². The Balaban J connectivity index is 1.30. The van der Waals surface area contributed by atoms with E-state index < -0.39 is 0 Å². The van der Waals surface area contributed by atoms with Gasteiger partial charge in [-0.2, -0.15) is 9.97 Å². The minimum atomic E-state index is 0.518. The van der Waals surface area contributed by atoms with Crippen LogP contribution in [0.3, 0.4) is 0 Å². The number of hydrogen-bond acceptors (Lipinski definition) is 5. The van der Waals surface area contributed by atoms with E-state index in [-0.39, 0.29) is 0 Å². The molecule has 0 N–H and O–H groups in total. The number of nitrogens with zero attached hydrogens (tertiary/aromatic N) is 4. The highest BCUT2D eigenvalue weighted by atomic mass is 16.3. The van der Waals surface area contributed by atoms with Crippen molar-refractivity contribution in [2.75, 3.05) is 0 Å². The maximum atomic E-state index is 6.79. The molecule has 0 aliphatic heterocycles. The first-order valence-corrected chi connectivity index (χ1v) is 16.9. The Morgan fingerprint density at radius 1 is 0.412 bits per heavy atom. The molecule has 4 aromatic heterocycles. The fourth-order valence-electron chi connectivity index (χ4n) is 7.56. The summed E-state index contributed by atoms with van der Waals surface area (Å²) in [5, 5.41) is 6.38. The fraction of sp³-hybridized carbons (Fsp3) is 0. The first-order valence-electron chi connectivity index (χ1n) is 16.9. The standard InChI is InChI=1S/C45H26N4O2/c1-3-13-27(14-4-1)43-46-44(28-15-5-2-6-16-28)48-45(47-43)49-36-20-10-7-19-32(36)40-33(26-35-31-18-9-12-22-38(31)51-42(35)41(40)49)29-23-24-39-34(25-29)30-17-8-11-21-37(30)50-39/h1-26H. The van der Waals surface area contributed by atoms with Crippen LogP contribution >= 0.6 is 0 Å². The minimum absolute atomic E-state index is 0.518.